The van der Waals surface area contributed by atoms with Gasteiger partial charge in [0.15, 0.2) is 0 Å². The smallest absolute Gasteiger partial charge is 1.00 e. The normalized spacial score (nSPS) is 14.1. The summed E-state index contributed by atoms with van der Waals surface area (Å²) in [6.45, 7) is 7.03. The second-order valence-electron chi connectivity index (χ2n) is 6.45. The Morgan fingerprint density at radius 1 is 1.04 bits per heavy atom. The molecule has 1 aromatic carbocycles. The molecule has 132 valence electrons. The summed E-state index contributed by atoms with van der Waals surface area (Å²) in [5, 5.41) is 3.40. The van der Waals surface area contributed by atoms with Crippen LogP contribution in [0.15, 0.2) is 50.6 Å². The molecular formula is C19H27Cl3SiTi. The fourth-order valence-corrected chi connectivity index (χ4v) is 6.85. The van der Waals surface area contributed by atoms with E-state index in [2.05, 4.69) is 71.5 Å². The monoisotopic (exact) mass is 436 g/mol. The van der Waals surface area contributed by atoms with E-state index in [9.17, 15) is 0 Å². The van der Waals surface area contributed by atoms with Crippen molar-refractivity contribution < 1.29 is 57.7 Å². The van der Waals surface area contributed by atoms with Gasteiger partial charge in [-0.15, -0.1) is 0 Å². The molecule has 0 fully saturated rings. The van der Waals surface area contributed by atoms with Crippen molar-refractivity contribution in [3.05, 3.63) is 50.6 Å². The van der Waals surface area contributed by atoms with Gasteiger partial charge in [-0.3, -0.25) is 0 Å². The molecule has 0 aliphatic heterocycles. The SMILES string of the molecule is CCCCCC1=[C]([Ti+3])C(C(C)C)=C([SiH2]c2ccccc2)C1.[Cl-].[Cl-].[Cl-]. The van der Waals surface area contributed by atoms with Crippen LogP contribution in [0, 0.1) is 5.92 Å². The summed E-state index contributed by atoms with van der Waals surface area (Å²) in [4.78, 5) is 0. The molecule has 0 radical (unpaired) electrons. The first-order valence-electron chi connectivity index (χ1n) is 8.33. The molecule has 0 saturated heterocycles. The van der Waals surface area contributed by atoms with Crippen molar-refractivity contribution in [2.45, 2.75) is 52.9 Å². The van der Waals surface area contributed by atoms with E-state index in [1.54, 1.807) is 25.4 Å². The van der Waals surface area contributed by atoms with Crippen LogP contribution in [-0.4, -0.2) is 9.52 Å². The molecule has 0 amide bonds. The van der Waals surface area contributed by atoms with Gasteiger partial charge in [0, 0.05) is 0 Å². The van der Waals surface area contributed by atoms with Gasteiger partial charge >= 0.3 is 144 Å². The number of unbranched alkanes of at least 4 members (excludes halogenated alkanes) is 2. The topological polar surface area (TPSA) is 0 Å². The third-order valence-corrected chi connectivity index (χ3v) is 7.26. The Balaban J connectivity index is 0. The maximum atomic E-state index is 2.38. The molecule has 0 atom stereocenters. The predicted octanol–water partition coefficient (Wildman–Crippen LogP) is -4.81. The molecule has 2 rings (SSSR count). The van der Waals surface area contributed by atoms with E-state index in [0.717, 1.165) is 0 Å². The third-order valence-electron chi connectivity index (χ3n) is 4.35. The minimum Gasteiger partial charge on any atom is -1.00 e. The standard InChI is InChI=1S/C19H27Si.3ClH.Ti/c1-4-5-7-10-16-13-18(15(2)3)19(14-16)20-17-11-8-6-9-12-17;;;;/h6,8-9,11-12,15H,4-5,7,10,14,20H2,1-3H3;3*1H;/q;;;;+3/p-3. The molecule has 24 heavy (non-hydrogen) atoms. The minimum atomic E-state index is -0.279. The van der Waals surface area contributed by atoms with Gasteiger partial charge in [0.05, 0.1) is 0 Å². The summed E-state index contributed by atoms with van der Waals surface area (Å²) in [6, 6.07) is 11.2. The summed E-state index contributed by atoms with van der Waals surface area (Å²) in [5.41, 5.74) is 3.45. The van der Waals surface area contributed by atoms with E-state index in [-0.39, 0.29) is 46.7 Å². The molecule has 0 saturated carbocycles. The predicted molar refractivity (Wildman–Crippen MR) is 92.3 cm³/mol. The average molecular weight is 438 g/mol. The second-order valence-corrected chi connectivity index (χ2v) is 9.25. The zero-order valence-electron chi connectivity index (χ0n) is 14.8. The molecule has 0 aromatic heterocycles. The zero-order valence-corrected chi connectivity index (χ0v) is 20.1. The summed E-state index contributed by atoms with van der Waals surface area (Å²) in [6.07, 6.45) is 6.67. The molecule has 0 heterocycles. The van der Waals surface area contributed by atoms with Crippen LogP contribution in [-0.2, 0) is 20.4 Å². The van der Waals surface area contributed by atoms with Crippen LogP contribution < -0.4 is 42.4 Å². The number of halogens is 3. The Morgan fingerprint density at radius 3 is 2.21 bits per heavy atom. The van der Waals surface area contributed by atoms with Crippen LogP contribution in [0.5, 0.6) is 0 Å². The first-order chi connectivity index (χ1) is 10.1. The van der Waals surface area contributed by atoms with E-state index in [1.807, 2.05) is 0 Å². The van der Waals surface area contributed by atoms with E-state index in [0.29, 0.717) is 5.92 Å². The van der Waals surface area contributed by atoms with Gasteiger partial charge in [-0.2, -0.15) is 0 Å². The summed E-state index contributed by atoms with van der Waals surface area (Å²) < 4.78 is 1.64. The van der Waals surface area contributed by atoms with Gasteiger partial charge in [0.25, 0.3) is 0 Å². The first-order valence-corrected chi connectivity index (χ1v) is 10.5. The molecule has 0 bridgehead atoms. The van der Waals surface area contributed by atoms with Crippen molar-refractivity contribution in [3.63, 3.8) is 0 Å². The van der Waals surface area contributed by atoms with Gasteiger partial charge in [0.1, 0.15) is 0 Å². The summed E-state index contributed by atoms with van der Waals surface area (Å²) in [7, 11) is -0.279. The molecule has 1 aromatic rings. The summed E-state index contributed by atoms with van der Waals surface area (Å²) >= 11 is 2.38. The first kappa shape index (κ1) is 26.7. The van der Waals surface area contributed by atoms with E-state index >= 15 is 0 Å². The van der Waals surface area contributed by atoms with Crippen LogP contribution in [0.4, 0.5) is 0 Å². The molecule has 1 aliphatic carbocycles. The van der Waals surface area contributed by atoms with Crippen molar-refractivity contribution in [1.29, 1.82) is 0 Å². The number of allylic oxidation sites excluding steroid dienone is 4. The van der Waals surface area contributed by atoms with E-state index in [4.69, 9.17) is 0 Å². The van der Waals surface area contributed by atoms with Crippen LogP contribution in [0.2, 0.25) is 0 Å². The summed E-state index contributed by atoms with van der Waals surface area (Å²) in [5.74, 6) is 0.680. The zero-order chi connectivity index (χ0) is 15.2. The Kier molecular flexibility index (Phi) is 15.2. The van der Waals surface area contributed by atoms with Gasteiger partial charge < -0.3 is 37.2 Å². The molecular weight excluding hydrogens is 411 g/mol. The number of hydrogen-bond donors (Lipinski definition) is 0. The Hall–Kier alpha value is 0.501. The van der Waals surface area contributed by atoms with Gasteiger partial charge in [-0.25, -0.2) is 0 Å². The van der Waals surface area contributed by atoms with Crippen molar-refractivity contribution in [1.82, 2.24) is 0 Å². The quantitative estimate of drug-likeness (QED) is 0.297. The molecule has 0 spiro atoms. The van der Waals surface area contributed by atoms with Crippen LogP contribution in [0.25, 0.3) is 0 Å². The molecule has 0 unspecified atom stereocenters. The van der Waals surface area contributed by atoms with Crippen molar-refractivity contribution in [2.75, 3.05) is 0 Å². The van der Waals surface area contributed by atoms with Crippen molar-refractivity contribution >= 4 is 14.7 Å². The van der Waals surface area contributed by atoms with E-state index in [1.165, 1.54) is 32.1 Å². The van der Waals surface area contributed by atoms with Crippen molar-refractivity contribution in [2.24, 2.45) is 5.92 Å². The molecule has 0 nitrogen and oxygen atoms in total. The largest absolute Gasteiger partial charge is 1.00 e. The molecule has 1 aliphatic rings. The van der Waals surface area contributed by atoms with Crippen molar-refractivity contribution in [3.8, 4) is 0 Å². The Bertz CT molecular complexity index is 539. The average Bonchev–Trinajstić information content (AvgIpc) is 2.76. The Morgan fingerprint density at radius 2 is 1.67 bits per heavy atom. The molecule has 5 heteroatoms. The van der Waals surface area contributed by atoms with Gasteiger partial charge in [0.2, 0.25) is 0 Å². The number of benzene rings is 1. The van der Waals surface area contributed by atoms with Gasteiger partial charge in [-0.05, 0) is 0 Å². The molecule has 0 N–H and O–H groups in total. The maximum absolute atomic E-state index is 2.38. The minimum absolute atomic E-state index is 0. The fourth-order valence-electron chi connectivity index (χ4n) is 3.31. The second kappa shape index (κ2) is 13.7. The van der Waals surface area contributed by atoms with Gasteiger partial charge in [-0.1, -0.05) is 0 Å². The number of rotatable bonds is 7. The maximum Gasteiger partial charge on any atom is -1.00 e. The van der Waals surface area contributed by atoms with E-state index < -0.39 is 0 Å². The Labute approximate surface area is 180 Å². The van der Waals surface area contributed by atoms with Crippen LogP contribution >= 0.6 is 0 Å². The third kappa shape index (κ3) is 7.40. The van der Waals surface area contributed by atoms with Crippen LogP contribution in [0.3, 0.4) is 0 Å². The number of hydrogen-bond acceptors (Lipinski definition) is 0. The fraction of sp³-hybridized carbons (Fsp3) is 0.474. The van der Waals surface area contributed by atoms with Crippen LogP contribution in [0.1, 0.15) is 52.9 Å².